The average molecular weight is 262 g/mol. The molecule has 1 radical (unpaired) electrons. The van der Waals surface area contributed by atoms with Crippen LogP contribution in [0.25, 0.3) is 0 Å². The van der Waals surface area contributed by atoms with Gasteiger partial charge in [0.1, 0.15) is 6.26 Å². The van der Waals surface area contributed by atoms with E-state index >= 15 is 0 Å². The van der Waals surface area contributed by atoms with Gasteiger partial charge in [-0.1, -0.05) is 5.16 Å². The molecule has 0 atom stereocenters. The molecule has 1 aromatic heterocycles. The fourth-order valence-electron chi connectivity index (χ4n) is 1.11. The van der Waals surface area contributed by atoms with Gasteiger partial charge in [-0.2, -0.15) is 0 Å². The standard InChI is InChI=1S/C9H9N3O3S.Na/c10-7-1-3-8(4-2-7)16(13,14)12-9-5-6-15-11-9;/h1-6H,10H2,(H,11,12);. The van der Waals surface area contributed by atoms with Crippen molar-refractivity contribution in [3.8, 4) is 0 Å². The number of nitrogens with one attached hydrogen (secondary N) is 1. The fraction of sp³-hybridized carbons (Fsp3) is 0. The molecule has 0 amide bonds. The Morgan fingerprint density at radius 2 is 1.82 bits per heavy atom. The molecule has 0 spiro atoms. The van der Waals surface area contributed by atoms with Gasteiger partial charge in [-0.3, -0.25) is 4.72 Å². The van der Waals surface area contributed by atoms with Gasteiger partial charge in [0.05, 0.1) is 4.90 Å². The van der Waals surface area contributed by atoms with E-state index in [4.69, 9.17) is 5.73 Å². The first kappa shape index (κ1) is 14.0. The van der Waals surface area contributed by atoms with Gasteiger partial charge >= 0.3 is 0 Å². The van der Waals surface area contributed by atoms with Gasteiger partial charge in [-0.25, -0.2) is 8.42 Å². The molecule has 0 unspecified atom stereocenters. The summed E-state index contributed by atoms with van der Waals surface area (Å²) in [6.45, 7) is 0. The summed E-state index contributed by atoms with van der Waals surface area (Å²) in [4.78, 5) is 0.115. The van der Waals surface area contributed by atoms with Crippen LogP contribution in [0.5, 0.6) is 0 Å². The molecule has 2 rings (SSSR count). The van der Waals surface area contributed by atoms with E-state index in [1.165, 1.54) is 36.6 Å². The second-order valence-electron chi connectivity index (χ2n) is 3.06. The Labute approximate surface area is 121 Å². The van der Waals surface area contributed by atoms with E-state index in [9.17, 15) is 8.42 Å². The molecule has 0 aliphatic rings. The fourth-order valence-corrected chi connectivity index (χ4v) is 2.10. The number of hydrogen-bond donors (Lipinski definition) is 2. The molecule has 3 N–H and O–H groups in total. The van der Waals surface area contributed by atoms with Crippen LogP contribution in [0.15, 0.2) is 46.0 Å². The number of sulfonamides is 1. The van der Waals surface area contributed by atoms with Crippen molar-refractivity contribution in [2.75, 3.05) is 10.5 Å². The summed E-state index contributed by atoms with van der Waals surface area (Å²) in [5, 5.41) is 3.45. The number of rotatable bonds is 3. The maximum atomic E-state index is 11.8. The Hall–Kier alpha value is -1.02. The molecule has 0 aliphatic carbocycles. The number of nitrogens with zero attached hydrogens (tertiary/aromatic N) is 1. The molecular weight excluding hydrogens is 253 g/mol. The molecule has 0 fully saturated rings. The van der Waals surface area contributed by atoms with Gasteiger partial charge in [0.2, 0.25) is 0 Å². The predicted octanol–water partition coefficient (Wildman–Crippen LogP) is 0.677. The van der Waals surface area contributed by atoms with E-state index in [1.807, 2.05) is 0 Å². The number of hydrogen-bond acceptors (Lipinski definition) is 5. The van der Waals surface area contributed by atoms with E-state index in [-0.39, 0.29) is 40.3 Å². The Morgan fingerprint density at radius 3 is 2.35 bits per heavy atom. The molecule has 6 nitrogen and oxygen atoms in total. The van der Waals surface area contributed by atoms with Crippen LogP contribution < -0.4 is 10.5 Å². The zero-order chi connectivity index (χ0) is 11.6. The Morgan fingerprint density at radius 1 is 1.18 bits per heavy atom. The first-order valence-corrected chi connectivity index (χ1v) is 5.85. The topological polar surface area (TPSA) is 98.2 Å². The minimum Gasteiger partial charge on any atom is -0.399 e. The first-order valence-electron chi connectivity index (χ1n) is 4.37. The van der Waals surface area contributed by atoms with Crippen molar-refractivity contribution in [2.45, 2.75) is 4.90 Å². The van der Waals surface area contributed by atoms with Crippen molar-refractivity contribution >= 4 is 51.1 Å². The summed E-state index contributed by atoms with van der Waals surface area (Å²) in [5.74, 6) is 0.136. The Balaban J connectivity index is 0.00000144. The maximum Gasteiger partial charge on any atom is 0.263 e. The molecule has 8 heteroatoms. The molecule has 0 saturated heterocycles. The zero-order valence-corrected chi connectivity index (χ0v) is 11.9. The van der Waals surface area contributed by atoms with Crippen LogP contribution in [0.2, 0.25) is 0 Å². The van der Waals surface area contributed by atoms with Crippen molar-refractivity contribution in [3.63, 3.8) is 0 Å². The summed E-state index contributed by atoms with van der Waals surface area (Å²) in [5.41, 5.74) is 5.96. The molecule has 85 valence electrons. The largest absolute Gasteiger partial charge is 0.399 e. The van der Waals surface area contributed by atoms with Gasteiger partial charge in [0.15, 0.2) is 5.82 Å². The SMILES string of the molecule is Nc1ccc(S(=O)(=O)Nc2ccon2)cc1.[Na]. The number of aromatic nitrogens is 1. The molecule has 17 heavy (non-hydrogen) atoms. The maximum absolute atomic E-state index is 11.8. The zero-order valence-electron chi connectivity index (χ0n) is 9.12. The molecule has 0 saturated carbocycles. The third-order valence-electron chi connectivity index (χ3n) is 1.87. The summed E-state index contributed by atoms with van der Waals surface area (Å²) >= 11 is 0. The van der Waals surface area contributed by atoms with Crippen LogP contribution in [0, 0.1) is 0 Å². The van der Waals surface area contributed by atoms with Crippen LogP contribution in [0.4, 0.5) is 11.5 Å². The molecule has 2 aromatic rings. The smallest absolute Gasteiger partial charge is 0.263 e. The number of benzene rings is 1. The quantitative estimate of drug-likeness (QED) is 0.626. The van der Waals surface area contributed by atoms with E-state index in [0.717, 1.165) is 0 Å². The summed E-state index contributed by atoms with van der Waals surface area (Å²) in [6, 6.07) is 7.26. The molecule has 0 bridgehead atoms. The normalized spacial score (nSPS) is 10.6. The summed E-state index contributed by atoms with van der Waals surface area (Å²) in [7, 11) is -3.63. The van der Waals surface area contributed by atoms with Crippen LogP contribution in [0.3, 0.4) is 0 Å². The second-order valence-corrected chi connectivity index (χ2v) is 4.74. The minimum absolute atomic E-state index is 0. The van der Waals surface area contributed by atoms with Crippen molar-refractivity contribution < 1.29 is 12.9 Å². The van der Waals surface area contributed by atoms with Gasteiger partial charge in [-0.05, 0) is 24.3 Å². The van der Waals surface area contributed by atoms with Gasteiger partial charge in [-0.15, -0.1) is 0 Å². The van der Waals surface area contributed by atoms with Crippen LogP contribution in [-0.4, -0.2) is 43.1 Å². The monoisotopic (exact) mass is 262 g/mol. The van der Waals surface area contributed by atoms with Crippen molar-refractivity contribution in [2.24, 2.45) is 0 Å². The van der Waals surface area contributed by atoms with E-state index in [2.05, 4.69) is 14.4 Å². The summed E-state index contributed by atoms with van der Waals surface area (Å²) < 4.78 is 30.3. The average Bonchev–Trinajstić information content (AvgIpc) is 2.70. The Kier molecular flexibility index (Phi) is 4.58. The van der Waals surface area contributed by atoms with Gasteiger partial charge in [0.25, 0.3) is 10.0 Å². The Bertz CT molecular complexity index is 566. The minimum atomic E-state index is -3.63. The first-order chi connectivity index (χ1) is 7.58. The van der Waals surface area contributed by atoms with Gasteiger partial charge in [0, 0.05) is 41.3 Å². The number of nitrogens with two attached hydrogens (primary N) is 1. The van der Waals surface area contributed by atoms with Gasteiger partial charge < -0.3 is 10.3 Å². The number of nitrogen functional groups attached to an aromatic ring is 1. The predicted molar refractivity (Wildman–Crippen MR) is 63.9 cm³/mol. The number of anilines is 2. The van der Waals surface area contributed by atoms with Crippen LogP contribution in [0.1, 0.15) is 0 Å². The third-order valence-corrected chi connectivity index (χ3v) is 3.24. The second kappa shape index (κ2) is 5.54. The molecule has 1 aromatic carbocycles. The summed E-state index contributed by atoms with van der Waals surface area (Å²) in [6.07, 6.45) is 1.28. The van der Waals surface area contributed by atoms with Crippen LogP contribution >= 0.6 is 0 Å². The van der Waals surface area contributed by atoms with Crippen molar-refractivity contribution in [3.05, 3.63) is 36.6 Å². The van der Waals surface area contributed by atoms with E-state index in [1.54, 1.807) is 0 Å². The van der Waals surface area contributed by atoms with E-state index in [0.29, 0.717) is 5.69 Å². The van der Waals surface area contributed by atoms with Crippen LogP contribution in [-0.2, 0) is 10.0 Å². The third kappa shape index (κ3) is 3.47. The van der Waals surface area contributed by atoms with E-state index < -0.39 is 10.0 Å². The molecule has 0 aliphatic heterocycles. The molecular formula is C9H9N3NaO3S. The van der Waals surface area contributed by atoms with Crippen molar-refractivity contribution in [1.29, 1.82) is 0 Å². The molecule has 1 heterocycles. The van der Waals surface area contributed by atoms with Crippen molar-refractivity contribution in [1.82, 2.24) is 5.16 Å².